The van der Waals surface area contributed by atoms with Crippen molar-refractivity contribution in [2.45, 2.75) is 39.7 Å². The minimum atomic E-state index is -1.14. The van der Waals surface area contributed by atoms with Gasteiger partial charge >= 0.3 is 12.0 Å². The Balaban J connectivity index is 2.77. The van der Waals surface area contributed by atoms with E-state index in [0.717, 1.165) is 12.8 Å². The van der Waals surface area contributed by atoms with Gasteiger partial charge in [-0.1, -0.05) is 38.3 Å². The number of carboxylic acids is 1. The summed E-state index contributed by atoms with van der Waals surface area (Å²) in [5, 5.41) is 14.8. The Hall–Kier alpha value is -1.75. The zero-order chi connectivity index (χ0) is 16.0. The van der Waals surface area contributed by atoms with Crippen LogP contribution in [0.1, 0.15) is 44.0 Å². The molecule has 0 saturated carbocycles. The highest BCUT2D eigenvalue weighted by atomic mass is 35.5. The van der Waals surface area contributed by atoms with Gasteiger partial charge in [-0.15, -0.1) is 0 Å². The number of amides is 2. The van der Waals surface area contributed by atoms with Gasteiger partial charge in [0.15, 0.2) is 0 Å². The monoisotopic (exact) mass is 312 g/mol. The number of carbonyl (C=O) groups is 2. The maximum atomic E-state index is 12.0. The van der Waals surface area contributed by atoms with E-state index in [1.165, 1.54) is 18.2 Å². The molecule has 1 rings (SSSR count). The Morgan fingerprint density at radius 2 is 1.90 bits per heavy atom. The Kier molecular flexibility index (Phi) is 6.49. The molecular formula is C15H21ClN2O3. The second-order valence-corrected chi connectivity index (χ2v) is 5.40. The molecule has 0 aliphatic carbocycles. The molecule has 1 aromatic carbocycles. The average molecular weight is 313 g/mol. The zero-order valence-corrected chi connectivity index (χ0v) is 13.2. The van der Waals surface area contributed by atoms with E-state index in [9.17, 15) is 9.59 Å². The number of anilines is 1. The van der Waals surface area contributed by atoms with Gasteiger partial charge in [-0.25, -0.2) is 9.59 Å². The van der Waals surface area contributed by atoms with Gasteiger partial charge in [-0.2, -0.15) is 0 Å². The molecule has 6 heteroatoms. The minimum Gasteiger partial charge on any atom is -0.478 e. The number of halogens is 1. The summed E-state index contributed by atoms with van der Waals surface area (Å²) in [5.41, 5.74) is 0.189. The first-order valence-electron chi connectivity index (χ1n) is 6.99. The summed E-state index contributed by atoms with van der Waals surface area (Å²) >= 11 is 5.77. The molecule has 0 heterocycles. The van der Waals surface area contributed by atoms with Crippen LogP contribution < -0.4 is 10.6 Å². The van der Waals surface area contributed by atoms with Crippen LogP contribution in [0.5, 0.6) is 0 Å². The Labute approximate surface area is 129 Å². The van der Waals surface area contributed by atoms with Gasteiger partial charge in [-0.05, 0) is 31.0 Å². The predicted octanol–water partition coefficient (Wildman–Crippen LogP) is 3.98. The Bertz CT molecular complexity index is 516. The molecule has 116 valence electrons. The molecule has 0 bridgehead atoms. The molecule has 0 aromatic heterocycles. The van der Waals surface area contributed by atoms with Crippen molar-refractivity contribution in [2.75, 3.05) is 5.32 Å². The summed E-state index contributed by atoms with van der Waals surface area (Å²) in [4.78, 5) is 23.1. The molecule has 0 radical (unpaired) electrons. The van der Waals surface area contributed by atoms with E-state index in [1.54, 1.807) is 0 Å². The smallest absolute Gasteiger partial charge is 0.337 e. The van der Waals surface area contributed by atoms with Crippen LogP contribution in [-0.4, -0.2) is 23.1 Å². The van der Waals surface area contributed by atoms with Gasteiger partial charge in [0.2, 0.25) is 0 Å². The van der Waals surface area contributed by atoms with Crippen molar-refractivity contribution >= 4 is 29.3 Å². The summed E-state index contributed by atoms with van der Waals surface area (Å²) in [5.74, 6) is -0.749. The molecule has 1 unspecified atom stereocenters. The van der Waals surface area contributed by atoms with E-state index in [2.05, 4.69) is 24.5 Å². The van der Waals surface area contributed by atoms with Crippen LogP contribution in [0.25, 0.3) is 0 Å². The number of hydrogen-bond donors (Lipinski definition) is 3. The number of carboxylic acid groups (broad SMARTS) is 1. The van der Waals surface area contributed by atoms with Crippen LogP contribution in [0.4, 0.5) is 10.5 Å². The second kappa shape index (κ2) is 7.88. The standard InChI is InChI=1S/C15H21ClN2O3/c1-4-10(5-2)9(3)17-15(21)18-13-7-6-11(16)8-12(13)14(19)20/h6-10H,4-5H2,1-3H3,(H,19,20)(H2,17,18,21). The fourth-order valence-corrected chi connectivity index (χ4v) is 2.45. The molecule has 0 fully saturated rings. The lowest BCUT2D eigenvalue weighted by Crippen LogP contribution is -2.40. The molecule has 0 spiro atoms. The van der Waals surface area contributed by atoms with E-state index >= 15 is 0 Å². The fourth-order valence-electron chi connectivity index (χ4n) is 2.28. The zero-order valence-electron chi connectivity index (χ0n) is 12.4. The first kappa shape index (κ1) is 17.3. The number of benzene rings is 1. The van der Waals surface area contributed by atoms with Gasteiger partial charge in [0.05, 0.1) is 11.3 Å². The van der Waals surface area contributed by atoms with Crippen LogP contribution in [-0.2, 0) is 0 Å². The third-order valence-corrected chi connectivity index (χ3v) is 3.81. The molecule has 5 nitrogen and oxygen atoms in total. The highest BCUT2D eigenvalue weighted by Crippen LogP contribution is 2.21. The predicted molar refractivity (Wildman–Crippen MR) is 84.1 cm³/mol. The largest absolute Gasteiger partial charge is 0.478 e. The molecule has 3 N–H and O–H groups in total. The highest BCUT2D eigenvalue weighted by molar-refractivity contribution is 6.31. The lowest BCUT2D eigenvalue weighted by Gasteiger charge is -2.22. The summed E-state index contributed by atoms with van der Waals surface area (Å²) < 4.78 is 0. The quantitative estimate of drug-likeness (QED) is 0.743. The van der Waals surface area contributed by atoms with Crippen LogP contribution in [0, 0.1) is 5.92 Å². The van der Waals surface area contributed by atoms with E-state index in [-0.39, 0.29) is 17.3 Å². The van der Waals surface area contributed by atoms with Crippen molar-refractivity contribution in [2.24, 2.45) is 5.92 Å². The summed E-state index contributed by atoms with van der Waals surface area (Å²) in [6, 6.07) is 3.92. The van der Waals surface area contributed by atoms with Gasteiger partial charge in [0, 0.05) is 11.1 Å². The van der Waals surface area contributed by atoms with Crippen LogP contribution in [0.2, 0.25) is 5.02 Å². The van der Waals surface area contributed by atoms with Gasteiger partial charge in [0.25, 0.3) is 0 Å². The van der Waals surface area contributed by atoms with Crippen molar-refractivity contribution in [3.05, 3.63) is 28.8 Å². The number of rotatable bonds is 6. The molecular weight excluding hydrogens is 292 g/mol. The van der Waals surface area contributed by atoms with Crippen LogP contribution >= 0.6 is 11.6 Å². The van der Waals surface area contributed by atoms with Crippen molar-refractivity contribution in [3.8, 4) is 0 Å². The summed E-state index contributed by atoms with van der Waals surface area (Å²) in [6.45, 7) is 6.09. The van der Waals surface area contributed by atoms with Gasteiger partial charge in [-0.3, -0.25) is 0 Å². The van der Waals surface area contributed by atoms with E-state index < -0.39 is 12.0 Å². The third-order valence-electron chi connectivity index (χ3n) is 3.57. The summed E-state index contributed by atoms with van der Waals surface area (Å²) in [7, 11) is 0. The maximum absolute atomic E-state index is 12.0. The molecule has 1 aromatic rings. The van der Waals surface area contributed by atoms with Gasteiger partial charge < -0.3 is 15.7 Å². The Morgan fingerprint density at radius 1 is 1.29 bits per heavy atom. The molecule has 2 amide bonds. The van der Waals surface area contributed by atoms with E-state index in [4.69, 9.17) is 16.7 Å². The number of urea groups is 1. The van der Waals surface area contributed by atoms with Crippen molar-refractivity contribution < 1.29 is 14.7 Å². The van der Waals surface area contributed by atoms with Crippen molar-refractivity contribution in [3.63, 3.8) is 0 Å². The van der Waals surface area contributed by atoms with Crippen molar-refractivity contribution in [1.82, 2.24) is 5.32 Å². The first-order valence-corrected chi connectivity index (χ1v) is 7.37. The highest BCUT2D eigenvalue weighted by Gasteiger charge is 2.17. The first-order chi connectivity index (χ1) is 9.88. The molecule has 0 saturated heterocycles. The SMILES string of the molecule is CCC(CC)C(C)NC(=O)Nc1ccc(Cl)cc1C(=O)O. The minimum absolute atomic E-state index is 0.0144. The molecule has 1 atom stereocenters. The van der Waals surface area contributed by atoms with Gasteiger partial charge in [0.1, 0.15) is 0 Å². The van der Waals surface area contributed by atoms with Crippen LogP contribution in [0.15, 0.2) is 18.2 Å². The topological polar surface area (TPSA) is 78.4 Å². The van der Waals surface area contributed by atoms with Crippen LogP contribution in [0.3, 0.4) is 0 Å². The maximum Gasteiger partial charge on any atom is 0.337 e. The normalized spacial score (nSPS) is 12.0. The molecule has 0 aliphatic heterocycles. The second-order valence-electron chi connectivity index (χ2n) is 4.96. The summed E-state index contributed by atoms with van der Waals surface area (Å²) in [6.07, 6.45) is 1.94. The number of nitrogens with one attached hydrogen (secondary N) is 2. The molecule has 21 heavy (non-hydrogen) atoms. The van der Waals surface area contributed by atoms with Crippen molar-refractivity contribution in [1.29, 1.82) is 0 Å². The number of carbonyl (C=O) groups excluding carboxylic acids is 1. The lowest BCUT2D eigenvalue weighted by atomic mass is 9.96. The third kappa shape index (κ3) is 4.93. The fraction of sp³-hybridized carbons (Fsp3) is 0.467. The van der Waals surface area contributed by atoms with E-state index in [1.807, 2.05) is 6.92 Å². The number of hydrogen-bond acceptors (Lipinski definition) is 2. The average Bonchev–Trinajstić information content (AvgIpc) is 2.41. The number of aromatic carboxylic acids is 1. The molecule has 0 aliphatic rings. The lowest BCUT2D eigenvalue weighted by molar-refractivity contribution is 0.0698. The Morgan fingerprint density at radius 3 is 2.43 bits per heavy atom. The van der Waals surface area contributed by atoms with E-state index in [0.29, 0.717) is 10.9 Å².